The van der Waals surface area contributed by atoms with Gasteiger partial charge in [0.2, 0.25) is 17.7 Å². The maximum Gasteiger partial charge on any atom is 0.472 e. The molecule has 6 aliphatic heterocycles. The van der Waals surface area contributed by atoms with Gasteiger partial charge < -0.3 is 109 Å². The highest BCUT2D eigenvalue weighted by Gasteiger charge is 2.48. The fourth-order valence-corrected chi connectivity index (χ4v) is 16.5. The lowest BCUT2D eigenvalue weighted by atomic mass is 9.92. The molecule has 36 heteroatoms. The summed E-state index contributed by atoms with van der Waals surface area (Å²) < 4.78 is 89.8. The van der Waals surface area contributed by atoms with Gasteiger partial charge in [0.15, 0.2) is 18.9 Å². The molecule has 3 amide bonds. The summed E-state index contributed by atoms with van der Waals surface area (Å²) in [7, 11) is -9.91. The molecule has 8 unspecified atom stereocenters. The van der Waals surface area contributed by atoms with Gasteiger partial charge >= 0.3 is 15.6 Å². The molecule has 6 heterocycles. The van der Waals surface area contributed by atoms with E-state index in [1.54, 1.807) is 25.7 Å². The highest BCUT2D eigenvalue weighted by atomic mass is 31.2. The molecule has 6 rings (SSSR count). The molecular weight excluding hydrogens is 1510 g/mol. The molecule has 6 aliphatic rings. The van der Waals surface area contributed by atoms with Gasteiger partial charge in [-0.25, -0.2) is 9.13 Å². The number of ketones is 3. The number of carbonyl (C=O) groups is 6. The van der Waals surface area contributed by atoms with Gasteiger partial charge in [0.05, 0.1) is 120 Å². The molecule has 6 saturated heterocycles. The zero-order chi connectivity index (χ0) is 79.3. The number of unbranched alkanes of at least 4 members (excludes halogenated alkanes) is 9. The molecule has 6 fully saturated rings. The molecule has 34 nitrogen and oxygen atoms in total. The van der Waals surface area contributed by atoms with Crippen molar-refractivity contribution in [1.29, 1.82) is 0 Å². The zero-order valence-corrected chi connectivity index (χ0v) is 65.4. The standard InChI is InChI=1S/C72H127N3O31P2.4CH4/c1-45(2)99-42-50-34-56(37-74(50)62(84)28-16-10-7-13-22-53(80)25-19-31-97-71-47(4)65(87)68(90)59(40-77)103-71)105-108(94,95)101-44-51-35-57(38-75(51)63(85)29-17-11-8-14-23-54(81)26-20-32-98-72-48(5)66(88)69(91)60(41-78)104-72)106-107(92,93)100-43-49-33-55(82)36-73(49)61(83)27-15-9-6-12-21-52(79)24-18-30-96-70-46(3)64(86)67(89)58(39-76)102-70;;;;/h45-51,55-60,64-72,76-78,82,86-91H,6-44H2,1-5H3,(H,92,93)(H,94,95);4*1H4/t46?,47?,48?,49-,50-,51-,55+,56+,57+,58?,59?,60?,64+,65+,66+,67-,68-,69-,70+,71+,72+;;;;/m0..../s1. The monoisotopic (exact) mass is 1660 g/mol. The minimum absolute atomic E-state index is 0. The number of phosphoric ester groups is 2. The number of likely N-dealkylation sites (tertiary alicyclic amines) is 3. The first kappa shape index (κ1) is 105. The minimum atomic E-state index is -4.96. The van der Waals surface area contributed by atoms with E-state index >= 15 is 0 Å². The topological polar surface area (TPSA) is 491 Å². The predicted octanol–water partition coefficient (Wildman–Crippen LogP) is 5.47. The summed E-state index contributed by atoms with van der Waals surface area (Å²) in [4.78, 5) is 106. The third-order valence-corrected chi connectivity index (χ3v) is 23.2. The van der Waals surface area contributed by atoms with Crippen LogP contribution in [0.25, 0.3) is 0 Å². The molecule has 0 radical (unpaired) electrons. The molecule has 0 spiro atoms. The summed E-state index contributed by atoms with van der Waals surface area (Å²) in [6.07, 6.45) is -5.90. The van der Waals surface area contributed by atoms with Crippen LogP contribution in [0.5, 0.6) is 0 Å². The normalized spacial score (nSPS) is 31.1. The summed E-state index contributed by atoms with van der Waals surface area (Å²) in [6.45, 7) is 6.38. The van der Waals surface area contributed by atoms with Gasteiger partial charge in [-0.1, -0.05) is 89.0 Å². The van der Waals surface area contributed by atoms with Crippen molar-refractivity contribution in [1.82, 2.24) is 14.7 Å². The molecule has 0 aromatic carbocycles. The predicted molar refractivity (Wildman–Crippen MR) is 410 cm³/mol. The smallest absolute Gasteiger partial charge is 0.394 e. The summed E-state index contributed by atoms with van der Waals surface area (Å²) in [5.74, 6) is -2.55. The van der Waals surface area contributed by atoms with E-state index < -0.39 is 183 Å². The van der Waals surface area contributed by atoms with Crippen molar-refractivity contribution in [3.63, 3.8) is 0 Å². The van der Waals surface area contributed by atoms with E-state index in [-0.39, 0.29) is 175 Å². The Morgan fingerprint density at radius 1 is 0.393 bits per heavy atom. The second-order valence-electron chi connectivity index (χ2n) is 30.3. The zero-order valence-electron chi connectivity index (χ0n) is 63.6. The van der Waals surface area contributed by atoms with Crippen molar-refractivity contribution in [2.24, 2.45) is 17.8 Å². The number of hydrogen-bond donors (Lipinski definition) is 12. The number of aliphatic hydroxyl groups excluding tert-OH is 10. The van der Waals surface area contributed by atoms with Crippen molar-refractivity contribution >= 4 is 50.7 Å². The Kier molecular flexibility index (Phi) is 50.2. The molecule has 112 heavy (non-hydrogen) atoms. The maximum atomic E-state index is 14.1. The number of Topliss-reactive ketones (excluding diaryl/α,β-unsaturated/α-hetero) is 3. The van der Waals surface area contributed by atoms with Crippen molar-refractivity contribution in [2.45, 2.75) is 354 Å². The van der Waals surface area contributed by atoms with Gasteiger partial charge in [-0.15, -0.1) is 0 Å². The van der Waals surface area contributed by atoms with Crippen LogP contribution in [-0.4, -0.2) is 306 Å². The first-order valence-corrected chi connectivity index (χ1v) is 42.1. The number of aliphatic hydroxyl groups is 10. The molecule has 0 aromatic rings. The van der Waals surface area contributed by atoms with Gasteiger partial charge in [-0.3, -0.25) is 46.9 Å². The van der Waals surface area contributed by atoms with Gasteiger partial charge in [0.1, 0.15) is 54.0 Å². The van der Waals surface area contributed by atoms with Crippen LogP contribution in [0.4, 0.5) is 0 Å². The van der Waals surface area contributed by atoms with E-state index in [1.165, 1.54) is 9.80 Å². The van der Waals surface area contributed by atoms with Crippen molar-refractivity contribution in [3.8, 4) is 0 Å². The van der Waals surface area contributed by atoms with Gasteiger partial charge in [-0.05, 0) is 90.9 Å². The highest BCUT2D eigenvalue weighted by Crippen LogP contribution is 2.50. The second-order valence-corrected chi connectivity index (χ2v) is 33.1. The fraction of sp³-hybridized carbons (Fsp3) is 0.921. The lowest BCUT2D eigenvalue weighted by Gasteiger charge is -2.40. The van der Waals surface area contributed by atoms with Crippen molar-refractivity contribution in [2.75, 3.05) is 79.1 Å². The first-order chi connectivity index (χ1) is 51.3. The number of phosphoric acid groups is 2. The Balaban J connectivity index is 0.0000106. The maximum absolute atomic E-state index is 14.1. The average Bonchev–Trinajstić information content (AvgIpc) is 1.08. The van der Waals surface area contributed by atoms with Crippen LogP contribution >= 0.6 is 15.6 Å². The lowest BCUT2D eigenvalue weighted by Crippen LogP contribution is -2.55. The van der Waals surface area contributed by atoms with Crippen LogP contribution in [0.15, 0.2) is 0 Å². The van der Waals surface area contributed by atoms with Crippen LogP contribution < -0.4 is 0 Å². The average molecular weight is 1660 g/mol. The first-order valence-electron chi connectivity index (χ1n) is 39.1. The largest absolute Gasteiger partial charge is 0.472 e. The number of ether oxygens (including phenoxy) is 7. The van der Waals surface area contributed by atoms with Crippen LogP contribution in [0.1, 0.15) is 238 Å². The summed E-state index contributed by atoms with van der Waals surface area (Å²) in [5.41, 5.74) is 0. The third-order valence-electron chi connectivity index (χ3n) is 21.2. The van der Waals surface area contributed by atoms with E-state index in [4.69, 9.17) is 51.3 Å². The molecule has 23 atom stereocenters. The van der Waals surface area contributed by atoms with E-state index in [2.05, 4.69) is 0 Å². The number of amides is 3. The van der Waals surface area contributed by atoms with Crippen molar-refractivity contribution < 1.29 is 150 Å². The SMILES string of the molecule is C.C.C.C.CC(C)OC[C@@H]1C[C@@H](OP(=O)(O)OC[C@@H]2C[C@@H](OP(=O)(O)OC[C@@H]3C[C@@H](O)CN3C(=O)CCCCCCC(=O)CCCO[C@@H]3OC(CO)[C@H](O)[C@H](O)C3C)CN2C(=O)CCCCCCC(=O)CCCO[C@@H]2OC(CO)[C@H](O)[C@H](O)C2C)CN1C(=O)CCCCCCC(=O)CCCO[C@@H]1OC(CO)[C@H](O)[C@H](O)C1C. The number of hydrogen-bond acceptors (Lipinski definition) is 29. The highest BCUT2D eigenvalue weighted by molar-refractivity contribution is 7.47. The summed E-state index contributed by atoms with van der Waals surface area (Å²) in [5, 5.41) is 100. The molecular formula is C76H143N3O31P2. The minimum Gasteiger partial charge on any atom is -0.394 e. The Labute approximate surface area is 663 Å². The van der Waals surface area contributed by atoms with Crippen LogP contribution in [0, 0.1) is 17.8 Å². The quantitative estimate of drug-likeness (QED) is 0.0265. The van der Waals surface area contributed by atoms with E-state index in [0.717, 1.165) is 0 Å². The summed E-state index contributed by atoms with van der Waals surface area (Å²) >= 11 is 0. The van der Waals surface area contributed by atoms with E-state index in [9.17, 15) is 98.7 Å². The third kappa shape index (κ3) is 34.7. The number of β-amino-alcohol motifs (C(OH)–C–C–N with tert-alkyl or cyclic N) is 1. The number of nitrogens with zero attached hydrogens (tertiary/aromatic N) is 3. The number of rotatable bonds is 52. The van der Waals surface area contributed by atoms with Gasteiger partial charge in [0, 0.05) is 95.2 Å². The second kappa shape index (κ2) is 53.5. The van der Waals surface area contributed by atoms with Crippen molar-refractivity contribution in [3.05, 3.63) is 0 Å². The Hall–Kier alpha value is -3.04. The van der Waals surface area contributed by atoms with Crippen LogP contribution in [0.2, 0.25) is 0 Å². The van der Waals surface area contributed by atoms with Gasteiger partial charge in [0.25, 0.3) is 0 Å². The Morgan fingerprint density at radius 3 is 0.973 bits per heavy atom. The number of carbonyl (C=O) groups excluding carboxylic acids is 6. The van der Waals surface area contributed by atoms with Crippen LogP contribution in [-0.2, 0) is 89.2 Å². The molecule has 0 aliphatic carbocycles. The molecule has 0 aromatic heterocycles. The molecule has 0 bridgehead atoms. The summed E-state index contributed by atoms with van der Waals surface area (Å²) in [6, 6.07) is -2.28. The van der Waals surface area contributed by atoms with Gasteiger partial charge in [-0.2, -0.15) is 0 Å². The fourth-order valence-electron chi connectivity index (χ4n) is 14.6. The lowest BCUT2D eigenvalue weighted by molar-refractivity contribution is -0.282. The Morgan fingerprint density at radius 2 is 0.670 bits per heavy atom. The van der Waals surface area contributed by atoms with E-state index in [0.29, 0.717) is 109 Å². The molecule has 12 N–H and O–H groups in total. The molecule has 658 valence electrons. The molecule has 0 saturated carbocycles. The Bertz CT molecular complexity index is 2800. The van der Waals surface area contributed by atoms with Crippen LogP contribution in [0.3, 0.4) is 0 Å². The van der Waals surface area contributed by atoms with E-state index in [1.807, 2.05) is 13.8 Å².